The van der Waals surface area contributed by atoms with E-state index in [0.717, 1.165) is 4.90 Å². The second kappa shape index (κ2) is 15.5. The van der Waals surface area contributed by atoms with Crippen molar-refractivity contribution in [2.75, 3.05) is 30.6 Å². The number of amides is 3. The molecule has 0 saturated heterocycles. The Morgan fingerprint density at radius 2 is 1.53 bits per heavy atom. The molecule has 0 radical (unpaired) electrons. The molecular formula is C33H28ClN3O7S. The van der Waals surface area contributed by atoms with Crippen molar-refractivity contribution in [3.8, 4) is 11.5 Å². The number of carbonyl (C=O) groups is 4. The van der Waals surface area contributed by atoms with Gasteiger partial charge in [0.1, 0.15) is 5.70 Å². The molecule has 0 bridgehead atoms. The number of thioether (sulfide) groups is 1. The molecule has 4 N–H and O–H groups in total. The van der Waals surface area contributed by atoms with Gasteiger partial charge in [0.2, 0.25) is 5.91 Å². The summed E-state index contributed by atoms with van der Waals surface area (Å²) >= 11 is 7.32. The van der Waals surface area contributed by atoms with E-state index in [1.165, 1.54) is 50.3 Å². The lowest BCUT2D eigenvalue weighted by Gasteiger charge is -2.13. The molecule has 0 aliphatic carbocycles. The van der Waals surface area contributed by atoms with Crippen molar-refractivity contribution >= 4 is 64.5 Å². The lowest BCUT2D eigenvalue weighted by molar-refractivity contribution is -0.114. The first-order chi connectivity index (χ1) is 21.7. The van der Waals surface area contributed by atoms with E-state index < -0.39 is 17.8 Å². The van der Waals surface area contributed by atoms with Gasteiger partial charge in [0.25, 0.3) is 11.8 Å². The van der Waals surface area contributed by atoms with Crippen molar-refractivity contribution in [2.45, 2.75) is 4.90 Å². The van der Waals surface area contributed by atoms with Gasteiger partial charge in [0.05, 0.1) is 36.2 Å². The maximum atomic E-state index is 13.4. The van der Waals surface area contributed by atoms with E-state index in [1.807, 2.05) is 0 Å². The molecule has 10 nitrogen and oxygen atoms in total. The average molecular weight is 646 g/mol. The number of rotatable bonds is 12. The number of carboxylic acids is 1. The van der Waals surface area contributed by atoms with Crippen LogP contribution in [0.4, 0.5) is 11.4 Å². The number of hydrogen-bond donors (Lipinski definition) is 4. The van der Waals surface area contributed by atoms with Gasteiger partial charge in [-0.05, 0) is 78.4 Å². The van der Waals surface area contributed by atoms with E-state index in [-0.39, 0.29) is 33.6 Å². The van der Waals surface area contributed by atoms with Crippen LogP contribution in [-0.2, 0) is 9.59 Å². The fraction of sp³-hybridized carbons (Fsp3) is 0.0909. The Bertz CT molecular complexity index is 1750. The summed E-state index contributed by atoms with van der Waals surface area (Å²) in [7, 11) is 3.02. The van der Waals surface area contributed by atoms with Gasteiger partial charge in [-0.3, -0.25) is 14.4 Å². The first-order valence-electron chi connectivity index (χ1n) is 13.3. The lowest BCUT2D eigenvalue weighted by atomic mass is 10.1. The Kier molecular flexibility index (Phi) is 11.2. The average Bonchev–Trinajstić information content (AvgIpc) is 3.05. The number of aromatic carboxylic acids is 1. The number of halogens is 1. The third kappa shape index (κ3) is 9.12. The molecular weight excluding hydrogens is 618 g/mol. The largest absolute Gasteiger partial charge is 0.493 e. The van der Waals surface area contributed by atoms with Gasteiger partial charge >= 0.3 is 5.97 Å². The zero-order valence-corrected chi connectivity index (χ0v) is 25.7. The van der Waals surface area contributed by atoms with Crippen molar-refractivity contribution in [3.05, 3.63) is 118 Å². The topological polar surface area (TPSA) is 143 Å². The summed E-state index contributed by atoms with van der Waals surface area (Å²) in [6.07, 6.45) is 1.53. The molecule has 0 unspecified atom stereocenters. The highest BCUT2D eigenvalue weighted by Crippen LogP contribution is 2.29. The number of nitrogens with one attached hydrogen (secondary N) is 3. The summed E-state index contributed by atoms with van der Waals surface area (Å²) in [5.74, 6) is -1.53. The molecule has 0 aromatic heterocycles. The van der Waals surface area contributed by atoms with E-state index in [9.17, 15) is 19.2 Å². The summed E-state index contributed by atoms with van der Waals surface area (Å²) in [6.45, 7) is 0. The van der Waals surface area contributed by atoms with Crippen molar-refractivity contribution in [1.29, 1.82) is 0 Å². The first kappa shape index (κ1) is 32.6. The number of hydrogen-bond acceptors (Lipinski definition) is 7. The van der Waals surface area contributed by atoms with Crippen LogP contribution < -0.4 is 25.4 Å². The highest BCUT2D eigenvalue weighted by atomic mass is 35.5. The van der Waals surface area contributed by atoms with Gasteiger partial charge in [-0.25, -0.2) is 4.79 Å². The van der Waals surface area contributed by atoms with Crippen LogP contribution in [0.2, 0.25) is 5.02 Å². The zero-order chi connectivity index (χ0) is 32.3. The number of anilines is 2. The zero-order valence-electron chi connectivity index (χ0n) is 24.1. The second-order valence-electron chi connectivity index (χ2n) is 9.31. The minimum atomic E-state index is -1.13. The Hall–Kier alpha value is -5.26. The van der Waals surface area contributed by atoms with Crippen molar-refractivity contribution in [2.24, 2.45) is 0 Å². The molecule has 0 aliphatic rings. The minimum Gasteiger partial charge on any atom is -0.493 e. The molecule has 4 rings (SSSR count). The number of ether oxygens (including phenoxy) is 2. The first-order valence-corrected chi connectivity index (χ1v) is 14.7. The summed E-state index contributed by atoms with van der Waals surface area (Å²) in [4.78, 5) is 50.7. The number of carbonyl (C=O) groups excluding carboxylic acids is 3. The van der Waals surface area contributed by atoms with Crippen molar-refractivity contribution < 1.29 is 33.8 Å². The van der Waals surface area contributed by atoms with Crippen molar-refractivity contribution in [3.63, 3.8) is 0 Å². The lowest BCUT2D eigenvalue weighted by Crippen LogP contribution is -2.30. The molecule has 0 saturated carbocycles. The van der Waals surface area contributed by atoms with Crippen LogP contribution in [0, 0.1) is 0 Å². The third-order valence-corrected chi connectivity index (χ3v) is 7.56. The predicted octanol–water partition coefficient (Wildman–Crippen LogP) is 6.20. The Balaban J connectivity index is 1.44. The highest BCUT2D eigenvalue weighted by molar-refractivity contribution is 8.00. The van der Waals surface area contributed by atoms with Crippen LogP contribution in [0.25, 0.3) is 6.08 Å². The number of benzene rings is 4. The number of methoxy groups -OCH3 is 2. The van der Waals surface area contributed by atoms with Crippen LogP contribution in [0.3, 0.4) is 0 Å². The molecule has 3 amide bonds. The second-order valence-corrected chi connectivity index (χ2v) is 10.8. The highest BCUT2D eigenvalue weighted by Gasteiger charge is 2.16. The third-order valence-electron chi connectivity index (χ3n) is 6.22. The standard InChI is InChI=1S/C33H28ClN3O7S/c1-43-28-15-8-20(17-29(28)44-2)16-27(37-31(39)21-6-4-3-5-7-21)32(40)35-23-10-12-24(13-11-23)45-19-30(38)36-26-18-22(33(41)42)9-14-25(26)34/h3-18H,19H2,1-2H3,(H,35,40)(H,36,38)(H,37,39)(H,41,42)/b27-16-. The fourth-order valence-corrected chi connectivity index (χ4v) is 4.84. The summed E-state index contributed by atoms with van der Waals surface area (Å²) in [5, 5.41) is 17.5. The number of carboxylic acid groups (broad SMARTS) is 1. The Morgan fingerprint density at radius 1 is 0.822 bits per heavy atom. The predicted molar refractivity (Wildman–Crippen MR) is 174 cm³/mol. The fourth-order valence-electron chi connectivity index (χ4n) is 3.97. The normalized spacial score (nSPS) is 10.9. The Morgan fingerprint density at radius 3 is 2.20 bits per heavy atom. The summed E-state index contributed by atoms with van der Waals surface area (Å²) in [5.41, 5.74) is 1.63. The molecule has 45 heavy (non-hydrogen) atoms. The smallest absolute Gasteiger partial charge is 0.335 e. The monoisotopic (exact) mass is 645 g/mol. The van der Waals surface area contributed by atoms with Gasteiger partial charge in [-0.15, -0.1) is 11.8 Å². The van der Waals surface area contributed by atoms with Crippen LogP contribution >= 0.6 is 23.4 Å². The van der Waals surface area contributed by atoms with Crippen LogP contribution in [0.1, 0.15) is 26.3 Å². The van der Waals surface area contributed by atoms with Gasteiger partial charge in [0.15, 0.2) is 11.5 Å². The van der Waals surface area contributed by atoms with Crippen molar-refractivity contribution in [1.82, 2.24) is 5.32 Å². The van der Waals surface area contributed by atoms with Crippen LogP contribution in [0.5, 0.6) is 11.5 Å². The van der Waals surface area contributed by atoms with Crippen LogP contribution in [0.15, 0.2) is 102 Å². The molecule has 4 aromatic rings. The molecule has 0 fully saturated rings. The quantitative estimate of drug-likeness (QED) is 0.105. The van der Waals surface area contributed by atoms with Gasteiger partial charge in [0, 0.05) is 16.1 Å². The van der Waals surface area contributed by atoms with Gasteiger partial charge in [-0.2, -0.15) is 0 Å². The van der Waals surface area contributed by atoms with E-state index in [0.29, 0.717) is 28.3 Å². The van der Waals surface area contributed by atoms with Gasteiger partial charge < -0.3 is 30.5 Å². The molecule has 0 atom stereocenters. The summed E-state index contributed by atoms with van der Waals surface area (Å²) in [6, 6.07) is 24.4. The maximum Gasteiger partial charge on any atom is 0.335 e. The Labute approximate surface area is 268 Å². The molecule has 0 heterocycles. The molecule has 230 valence electrons. The van der Waals surface area contributed by atoms with Crippen LogP contribution in [-0.4, -0.2) is 48.8 Å². The molecule has 0 spiro atoms. The molecule has 12 heteroatoms. The SMILES string of the molecule is COc1ccc(/C=C(\NC(=O)c2ccccc2)C(=O)Nc2ccc(SCC(=O)Nc3cc(C(=O)O)ccc3Cl)cc2)cc1OC. The van der Waals surface area contributed by atoms with E-state index in [1.54, 1.807) is 72.8 Å². The maximum absolute atomic E-state index is 13.4. The van der Waals surface area contributed by atoms with E-state index in [2.05, 4.69) is 16.0 Å². The van der Waals surface area contributed by atoms with Gasteiger partial charge in [-0.1, -0.05) is 35.9 Å². The minimum absolute atomic E-state index is 0.00125. The molecule has 0 aliphatic heterocycles. The molecule has 4 aromatic carbocycles. The van der Waals surface area contributed by atoms with E-state index in [4.69, 9.17) is 26.2 Å². The van der Waals surface area contributed by atoms with E-state index >= 15 is 0 Å². The summed E-state index contributed by atoms with van der Waals surface area (Å²) < 4.78 is 10.6.